The molecule has 0 bridgehead atoms. The maximum atomic E-state index is 10.2. The van der Waals surface area contributed by atoms with Crippen LogP contribution in [0, 0.1) is 5.92 Å². The van der Waals surface area contributed by atoms with Crippen molar-refractivity contribution in [3.8, 4) is 0 Å². The molecule has 0 heterocycles. The van der Waals surface area contributed by atoms with Crippen molar-refractivity contribution in [2.75, 3.05) is 0 Å². The highest BCUT2D eigenvalue weighted by Gasteiger charge is 2.25. The van der Waals surface area contributed by atoms with Crippen LogP contribution in [0.15, 0.2) is 0 Å². The smallest absolute Gasteiger partial charge is 0.0659 e. The van der Waals surface area contributed by atoms with Gasteiger partial charge in [-0.2, -0.15) is 0 Å². The van der Waals surface area contributed by atoms with Crippen LogP contribution in [0.5, 0.6) is 0 Å². The predicted octanol–water partition coefficient (Wildman–Crippen LogP) is 4.48. The summed E-state index contributed by atoms with van der Waals surface area (Å²) in [6.45, 7) is 13.4. The monoisotopic (exact) mass is 246 g/mol. The Morgan fingerprint density at radius 3 is 2.12 bits per heavy atom. The van der Waals surface area contributed by atoms with Crippen molar-refractivity contribution in [1.29, 1.82) is 0 Å². The van der Waals surface area contributed by atoms with Gasteiger partial charge in [-0.1, -0.05) is 54.4 Å². The van der Waals surface area contributed by atoms with Crippen LogP contribution in [-0.4, -0.2) is 21.2 Å². The van der Waals surface area contributed by atoms with E-state index in [0.717, 1.165) is 19.3 Å². The maximum Gasteiger partial charge on any atom is 0.0659 e. The van der Waals surface area contributed by atoms with E-state index >= 15 is 0 Å². The normalized spacial score (nSPS) is 16.5. The summed E-state index contributed by atoms with van der Waals surface area (Å²) < 4.78 is 0.243. The van der Waals surface area contributed by atoms with Crippen LogP contribution in [0.4, 0.5) is 0 Å². The zero-order valence-corrected chi connectivity index (χ0v) is 12.7. The van der Waals surface area contributed by atoms with Gasteiger partial charge in [0.2, 0.25) is 0 Å². The van der Waals surface area contributed by atoms with Crippen LogP contribution in [0.2, 0.25) is 0 Å². The first-order valence-electron chi connectivity index (χ1n) is 6.62. The molecule has 0 aromatic rings. The molecule has 2 atom stereocenters. The van der Waals surface area contributed by atoms with Gasteiger partial charge in [0.15, 0.2) is 0 Å². The standard InChI is InChI=1S/C14H30OS/c1-7-8-9-12(15)13(10-11(2)3)16-14(4,5)6/h11-13,15H,7-10H2,1-6H3/t12?,13-/m0/s1. The first-order valence-corrected chi connectivity index (χ1v) is 7.50. The Bertz CT molecular complexity index is 172. The van der Waals surface area contributed by atoms with E-state index in [1.807, 2.05) is 11.8 Å². The molecule has 0 aliphatic heterocycles. The average Bonchev–Trinajstić information content (AvgIpc) is 2.10. The lowest BCUT2D eigenvalue weighted by Gasteiger charge is -2.30. The summed E-state index contributed by atoms with van der Waals surface area (Å²) in [4.78, 5) is 0. The van der Waals surface area contributed by atoms with E-state index in [4.69, 9.17) is 0 Å². The van der Waals surface area contributed by atoms with E-state index in [-0.39, 0.29) is 10.9 Å². The van der Waals surface area contributed by atoms with Crippen LogP contribution >= 0.6 is 11.8 Å². The fourth-order valence-electron chi connectivity index (χ4n) is 1.80. The molecule has 1 unspecified atom stereocenters. The second-order valence-electron chi connectivity index (χ2n) is 6.11. The van der Waals surface area contributed by atoms with Crippen molar-refractivity contribution in [3.05, 3.63) is 0 Å². The fourth-order valence-corrected chi connectivity index (χ4v) is 3.48. The average molecular weight is 246 g/mol. The largest absolute Gasteiger partial charge is 0.392 e. The second kappa shape index (κ2) is 7.60. The summed E-state index contributed by atoms with van der Waals surface area (Å²) >= 11 is 1.94. The quantitative estimate of drug-likeness (QED) is 0.714. The van der Waals surface area contributed by atoms with Crippen LogP contribution in [0.25, 0.3) is 0 Å². The molecule has 1 nitrogen and oxygen atoms in total. The Labute approximate surface area is 106 Å². The van der Waals surface area contributed by atoms with Gasteiger partial charge in [0.25, 0.3) is 0 Å². The van der Waals surface area contributed by atoms with Crippen molar-refractivity contribution in [3.63, 3.8) is 0 Å². The Hall–Kier alpha value is 0.310. The lowest BCUT2D eigenvalue weighted by Crippen LogP contribution is -2.29. The lowest BCUT2D eigenvalue weighted by atomic mass is 10.0. The van der Waals surface area contributed by atoms with E-state index in [0.29, 0.717) is 11.2 Å². The predicted molar refractivity (Wildman–Crippen MR) is 76.1 cm³/mol. The van der Waals surface area contributed by atoms with Gasteiger partial charge >= 0.3 is 0 Å². The van der Waals surface area contributed by atoms with Crippen LogP contribution in [0.1, 0.15) is 67.2 Å². The molecule has 1 N–H and O–H groups in total. The molecule has 2 heteroatoms. The number of unbranched alkanes of at least 4 members (excludes halogenated alkanes) is 1. The molecule has 0 amide bonds. The molecule has 0 spiro atoms. The highest BCUT2D eigenvalue weighted by Crippen LogP contribution is 2.34. The zero-order chi connectivity index (χ0) is 12.8. The van der Waals surface area contributed by atoms with Gasteiger partial charge < -0.3 is 5.11 Å². The van der Waals surface area contributed by atoms with Gasteiger partial charge in [0, 0.05) is 10.00 Å². The SMILES string of the molecule is CCCCC(O)[C@H](CC(C)C)SC(C)(C)C. The summed E-state index contributed by atoms with van der Waals surface area (Å²) in [5.41, 5.74) is 0. The highest BCUT2D eigenvalue weighted by molar-refractivity contribution is 8.01. The molecule has 0 aromatic heterocycles. The van der Waals surface area contributed by atoms with Gasteiger partial charge in [-0.3, -0.25) is 0 Å². The Morgan fingerprint density at radius 2 is 1.75 bits per heavy atom. The minimum absolute atomic E-state index is 0.133. The van der Waals surface area contributed by atoms with E-state index in [2.05, 4.69) is 41.5 Å². The highest BCUT2D eigenvalue weighted by atomic mass is 32.2. The number of hydrogen-bond acceptors (Lipinski definition) is 2. The van der Waals surface area contributed by atoms with Crippen LogP contribution in [0.3, 0.4) is 0 Å². The molecular formula is C14H30OS. The van der Waals surface area contributed by atoms with E-state index in [1.54, 1.807) is 0 Å². The number of aliphatic hydroxyl groups is 1. The maximum absolute atomic E-state index is 10.2. The van der Waals surface area contributed by atoms with Gasteiger partial charge in [-0.15, -0.1) is 11.8 Å². The van der Waals surface area contributed by atoms with Crippen molar-refractivity contribution in [2.45, 2.75) is 83.3 Å². The number of thioether (sulfide) groups is 1. The van der Waals surface area contributed by atoms with E-state index in [9.17, 15) is 5.11 Å². The third-order valence-electron chi connectivity index (χ3n) is 2.49. The Morgan fingerprint density at radius 1 is 1.19 bits per heavy atom. The summed E-state index contributed by atoms with van der Waals surface area (Å²) in [6.07, 6.45) is 4.25. The molecule has 0 rings (SSSR count). The van der Waals surface area contributed by atoms with Crippen molar-refractivity contribution < 1.29 is 5.11 Å². The first-order chi connectivity index (χ1) is 7.26. The van der Waals surface area contributed by atoms with Gasteiger partial charge in [-0.25, -0.2) is 0 Å². The third-order valence-corrected chi connectivity index (χ3v) is 4.01. The molecule has 0 aliphatic rings. The van der Waals surface area contributed by atoms with Crippen LogP contribution < -0.4 is 0 Å². The summed E-state index contributed by atoms with van der Waals surface area (Å²) in [5, 5.41) is 10.6. The molecule has 0 saturated heterocycles. The van der Waals surface area contributed by atoms with Crippen molar-refractivity contribution >= 4 is 11.8 Å². The second-order valence-corrected chi connectivity index (χ2v) is 8.17. The number of aliphatic hydroxyl groups excluding tert-OH is 1. The van der Waals surface area contributed by atoms with Gasteiger partial charge in [0.05, 0.1) is 6.10 Å². The summed E-state index contributed by atoms with van der Waals surface area (Å²) in [5.74, 6) is 0.663. The van der Waals surface area contributed by atoms with Crippen molar-refractivity contribution in [2.24, 2.45) is 5.92 Å². The molecule has 0 saturated carbocycles. The van der Waals surface area contributed by atoms with E-state index in [1.165, 1.54) is 6.42 Å². The van der Waals surface area contributed by atoms with Gasteiger partial charge in [-0.05, 0) is 18.8 Å². The Balaban J connectivity index is 4.29. The Kier molecular flexibility index (Phi) is 7.75. The zero-order valence-electron chi connectivity index (χ0n) is 11.9. The first kappa shape index (κ1) is 16.3. The topological polar surface area (TPSA) is 20.2 Å². The van der Waals surface area contributed by atoms with Gasteiger partial charge in [0.1, 0.15) is 0 Å². The van der Waals surface area contributed by atoms with Crippen LogP contribution in [-0.2, 0) is 0 Å². The molecular weight excluding hydrogens is 216 g/mol. The minimum Gasteiger partial charge on any atom is -0.392 e. The third kappa shape index (κ3) is 8.46. The molecule has 0 aliphatic carbocycles. The summed E-state index contributed by atoms with van der Waals surface area (Å²) in [7, 11) is 0. The number of hydrogen-bond donors (Lipinski definition) is 1. The summed E-state index contributed by atoms with van der Waals surface area (Å²) in [6, 6.07) is 0. The molecule has 0 fully saturated rings. The minimum atomic E-state index is -0.133. The molecule has 0 aromatic carbocycles. The molecule has 0 radical (unpaired) electrons. The van der Waals surface area contributed by atoms with Crippen molar-refractivity contribution in [1.82, 2.24) is 0 Å². The molecule has 16 heavy (non-hydrogen) atoms. The number of rotatable bonds is 7. The molecule has 98 valence electrons. The fraction of sp³-hybridized carbons (Fsp3) is 1.00. The lowest BCUT2D eigenvalue weighted by molar-refractivity contribution is 0.150. The van der Waals surface area contributed by atoms with E-state index < -0.39 is 0 Å².